The highest BCUT2D eigenvalue weighted by Gasteiger charge is 2.05. The van der Waals surface area contributed by atoms with Gasteiger partial charge in [-0.1, -0.05) is 18.2 Å². The molecule has 0 aliphatic carbocycles. The molecule has 0 aliphatic heterocycles. The van der Waals surface area contributed by atoms with Crippen molar-refractivity contribution in [3.63, 3.8) is 0 Å². The molecule has 0 spiro atoms. The van der Waals surface area contributed by atoms with E-state index in [4.69, 9.17) is 16.0 Å². The maximum absolute atomic E-state index is 10.7. The second kappa shape index (κ2) is 6.69. The lowest BCUT2D eigenvalue weighted by molar-refractivity contribution is 0.0697. The summed E-state index contributed by atoms with van der Waals surface area (Å²) in [6, 6.07) is 14.0. The predicted octanol–water partition coefficient (Wildman–Crippen LogP) is 1.30. The van der Waals surface area contributed by atoms with Crippen molar-refractivity contribution >= 4 is 21.7 Å². The fourth-order valence-electron chi connectivity index (χ4n) is 1.24. The fraction of sp³-hybridized carbons (Fsp3) is 0. The van der Waals surface area contributed by atoms with E-state index >= 15 is 0 Å². The Hall–Kier alpha value is -2.38. The van der Waals surface area contributed by atoms with Gasteiger partial charge >= 0.3 is 5.97 Å². The largest absolute Gasteiger partial charge is 0.478 e. The van der Waals surface area contributed by atoms with Gasteiger partial charge in [-0.05, 0) is 36.4 Å². The molecule has 2 aromatic rings. The van der Waals surface area contributed by atoms with E-state index in [-0.39, 0.29) is 4.90 Å². The minimum Gasteiger partial charge on any atom is -0.478 e. The first-order chi connectivity index (χ1) is 9.30. The van der Waals surface area contributed by atoms with Gasteiger partial charge in [-0.2, -0.15) is 0 Å². The van der Waals surface area contributed by atoms with Gasteiger partial charge in [0.2, 0.25) is 10.0 Å². The molecule has 20 heavy (non-hydrogen) atoms. The van der Waals surface area contributed by atoms with Gasteiger partial charge in [-0.25, -0.2) is 18.4 Å². The number of benzene rings is 2. The highest BCUT2D eigenvalue weighted by molar-refractivity contribution is 7.89. The van der Waals surface area contributed by atoms with E-state index in [9.17, 15) is 13.2 Å². The molecule has 0 radical (unpaired) electrons. The van der Waals surface area contributed by atoms with Gasteiger partial charge < -0.3 is 10.8 Å². The molecule has 0 aromatic heterocycles. The zero-order valence-corrected chi connectivity index (χ0v) is 11.2. The van der Waals surface area contributed by atoms with Crippen LogP contribution in [-0.4, -0.2) is 19.5 Å². The summed E-state index contributed by atoms with van der Waals surface area (Å²) in [5.41, 5.74) is 6.18. The molecule has 6 nitrogen and oxygen atoms in total. The first-order valence-corrected chi connectivity index (χ1v) is 7.02. The van der Waals surface area contributed by atoms with Crippen molar-refractivity contribution < 1.29 is 18.3 Å². The van der Waals surface area contributed by atoms with Gasteiger partial charge in [-0.15, -0.1) is 0 Å². The predicted molar refractivity (Wildman–Crippen MR) is 75.6 cm³/mol. The molecular weight excluding hydrogens is 280 g/mol. The molecule has 0 atom stereocenters. The molecule has 7 heteroatoms. The SMILES string of the molecule is Nc1ccc(S(N)(=O)=O)cc1.O=C(O)c1ccccc1. The van der Waals surface area contributed by atoms with Crippen LogP contribution in [0.3, 0.4) is 0 Å². The maximum Gasteiger partial charge on any atom is 0.335 e. The number of anilines is 1. The van der Waals surface area contributed by atoms with Gasteiger partial charge in [-0.3, -0.25) is 0 Å². The van der Waals surface area contributed by atoms with Crippen LogP contribution in [0.1, 0.15) is 10.4 Å². The van der Waals surface area contributed by atoms with E-state index in [2.05, 4.69) is 0 Å². The molecule has 2 rings (SSSR count). The summed E-state index contributed by atoms with van der Waals surface area (Å²) in [4.78, 5) is 10.3. The lowest BCUT2D eigenvalue weighted by Crippen LogP contribution is -2.11. The fourth-order valence-corrected chi connectivity index (χ4v) is 1.75. The third-order valence-electron chi connectivity index (χ3n) is 2.23. The Morgan fingerprint density at radius 2 is 1.45 bits per heavy atom. The van der Waals surface area contributed by atoms with E-state index < -0.39 is 16.0 Å². The van der Waals surface area contributed by atoms with Gasteiger partial charge in [0.1, 0.15) is 0 Å². The molecule has 0 aliphatic rings. The smallest absolute Gasteiger partial charge is 0.335 e. The van der Waals surface area contributed by atoms with Crippen LogP contribution in [0.5, 0.6) is 0 Å². The van der Waals surface area contributed by atoms with Crippen molar-refractivity contribution in [1.82, 2.24) is 0 Å². The molecule has 0 saturated carbocycles. The molecule has 106 valence electrons. The Morgan fingerprint density at radius 1 is 0.950 bits per heavy atom. The van der Waals surface area contributed by atoms with Crippen LogP contribution in [-0.2, 0) is 10.0 Å². The second-order valence-corrected chi connectivity index (χ2v) is 5.35. The quantitative estimate of drug-likeness (QED) is 0.720. The highest BCUT2D eigenvalue weighted by atomic mass is 32.2. The summed E-state index contributed by atoms with van der Waals surface area (Å²) in [7, 11) is -3.58. The first-order valence-electron chi connectivity index (χ1n) is 5.47. The average Bonchev–Trinajstić information content (AvgIpc) is 2.40. The molecule has 0 amide bonds. The topological polar surface area (TPSA) is 123 Å². The average molecular weight is 294 g/mol. The number of sulfonamides is 1. The van der Waals surface area contributed by atoms with E-state index in [1.807, 2.05) is 0 Å². The van der Waals surface area contributed by atoms with Crippen molar-refractivity contribution in [1.29, 1.82) is 0 Å². The minimum absolute atomic E-state index is 0.0756. The molecular formula is C13H14N2O4S. The summed E-state index contributed by atoms with van der Waals surface area (Å²) in [6.45, 7) is 0. The Balaban J connectivity index is 0.000000204. The van der Waals surface area contributed by atoms with Crippen molar-refractivity contribution in [2.45, 2.75) is 4.90 Å². The Labute approximate surface area is 116 Å². The molecule has 0 saturated heterocycles. The van der Waals surface area contributed by atoms with Crippen molar-refractivity contribution in [2.24, 2.45) is 5.14 Å². The molecule has 0 heterocycles. The van der Waals surface area contributed by atoms with Gasteiger partial charge in [0, 0.05) is 5.69 Å². The number of hydrogen-bond acceptors (Lipinski definition) is 4. The molecule has 0 bridgehead atoms. The van der Waals surface area contributed by atoms with E-state index in [1.54, 1.807) is 30.3 Å². The molecule has 2 aromatic carbocycles. The third kappa shape index (κ3) is 5.09. The maximum atomic E-state index is 10.7. The zero-order valence-electron chi connectivity index (χ0n) is 10.4. The summed E-state index contributed by atoms with van der Waals surface area (Å²) < 4.78 is 21.4. The number of rotatable bonds is 2. The zero-order chi connectivity index (χ0) is 15.2. The first kappa shape index (κ1) is 15.7. The van der Waals surface area contributed by atoms with Crippen LogP contribution < -0.4 is 10.9 Å². The monoisotopic (exact) mass is 294 g/mol. The van der Waals surface area contributed by atoms with E-state index in [0.29, 0.717) is 11.3 Å². The Kier molecular flexibility index (Phi) is 5.24. The number of carboxylic acid groups (broad SMARTS) is 1. The van der Waals surface area contributed by atoms with Crippen LogP contribution in [0, 0.1) is 0 Å². The normalized spacial score (nSPS) is 10.2. The number of carboxylic acids is 1. The minimum atomic E-state index is -3.58. The molecule has 0 fully saturated rings. The van der Waals surface area contributed by atoms with Crippen molar-refractivity contribution in [2.75, 3.05) is 5.73 Å². The van der Waals surface area contributed by atoms with E-state index in [1.165, 1.54) is 24.3 Å². The number of nitrogen functional groups attached to an aromatic ring is 1. The lowest BCUT2D eigenvalue weighted by Gasteiger charge is -1.96. The molecule has 0 unspecified atom stereocenters. The van der Waals surface area contributed by atoms with E-state index in [0.717, 1.165) is 0 Å². The number of carbonyl (C=O) groups is 1. The summed E-state index contributed by atoms with van der Waals surface area (Å²) in [5.74, 6) is -0.879. The second-order valence-electron chi connectivity index (χ2n) is 3.79. The van der Waals surface area contributed by atoms with Crippen LogP contribution >= 0.6 is 0 Å². The number of primary sulfonamides is 1. The summed E-state index contributed by atoms with van der Waals surface area (Å²) in [5, 5.41) is 13.2. The molecule has 5 N–H and O–H groups in total. The summed E-state index contributed by atoms with van der Waals surface area (Å²) in [6.07, 6.45) is 0. The van der Waals surface area contributed by atoms with Crippen LogP contribution in [0.4, 0.5) is 5.69 Å². The Bertz CT molecular complexity index is 667. The third-order valence-corrected chi connectivity index (χ3v) is 3.16. The van der Waals surface area contributed by atoms with Crippen molar-refractivity contribution in [3.8, 4) is 0 Å². The van der Waals surface area contributed by atoms with Crippen LogP contribution in [0.25, 0.3) is 0 Å². The van der Waals surface area contributed by atoms with Crippen molar-refractivity contribution in [3.05, 3.63) is 60.2 Å². The summed E-state index contributed by atoms with van der Waals surface area (Å²) >= 11 is 0. The van der Waals surface area contributed by atoms with Crippen LogP contribution in [0.2, 0.25) is 0 Å². The van der Waals surface area contributed by atoms with Crippen LogP contribution in [0.15, 0.2) is 59.5 Å². The number of aromatic carboxylic acids is 1. The Morgan fingerprint density at radius 3 is 1.80 bits per heavy atom. The number of nitrogens with two attached hydrogens (primary N) is 2. The number of hydrogen-bond donors (Lipinski definition) is 3. The van der Waals surface area contributed by atoms with Gasteiger partial charge in [0.15, 0.2) is 0 Å². The lowest BCUT2D eigenvalue weighted by atomic mass is 10.2. The van der Waals surface area contributed by atoms with Gasteiger partial charge in [0.05, 0.1) is 10.5 Å². The van der Waals surface area contributed by atoms with Gasteiger partial charge in [0.25, 0.3) is 0 Å². The standard InChI is InChI=1S/C7H6O2.C6H8N2O2S/c8-7(9)6-4-2-1-3-5-6;7-5-1-3-6(4-2-5)11(8,9)10/h1-5H,(H,8,9);1-4H,7H2,(H2,8,9,10). The highest BCUT2D eigenvalue weighted by Crippen LogP contribution is 2.08.